The van der Waals surface area contributed by atoms with Crippen LogP contribution in [0.1, 0.15) is 18.9 Å². The number of nitrogens with zero attached hydrogens (tertiary/aromatic N) is 1. The summed E-state index contributed by atoms with van der Waals surface area (Å²) in [5.41, 5.74) is 4.02. The molecule has 1 unspecified atom stereocenters. The molecule has 0 fully saturated rings. The van der Waals surface area contributed by atoms with Gasteiger partial charge in [0.25, 0.3) is 5.91 Å². The van der Waals surface area contributed by atoms with E-state index in [0.29, 0.717) is 12.2 Å². The molecular weight excluding hydrogens is 380 g/mol. The van der Waals surface area contributed by atoms with E-state index in [2.05, 4.69) is 30.4 Å². The molecular formula is C24H22N2O2S. The number of ether oxygens (including phenoxy) is 1. The van der Waals surface area contributed by atoms with Gasteiger partial charge >= 0.3 is 0 Å². The average Bonchev–Trinajstić information content (AvgIpc) is 3.16. The van der Waals surface area contributed by atoms with Crippen molar-refractivity contribution < 1.29 is 9.53 Å². The van der Waals surface area contributed by atoms with Crippen molar-refractivity contribution in [3.05, 3.63) is 78.4 Å². The Bertz CT molecular complexity index is 1120. The van der Waals surface area contributed by atoms with Crippen LogP contribution in [0.4, 0.5) is 5.69 Å². The van der Waals surface area contributed by atoms with Gasteiger partial charge in [-0.1, -0.05) is 31.2 Å². The number of aryl methyl sites for hydroxylation is 1. The van der Waals surface area contributed by atoms with Crippen molar-refractivity contribution in [3.8, 4) is 16.3 Å². The lowest BCUT2D eigenvalue weighted by Crippen LogP contribution is -2.32. The van der Waals surface area contributed by atoms with Gasteiger partial charge in [-0.25, -0.2) is 4.98 Å². The van der Waals surface area contributed by atoms with Crippen LogP contribution < -0.4 is 10.1 Å². The lowest BCUT2D eigenvalue weighted by Gasteiger charge is -2.17. The molecule has 0 aliphatic carbocycles. The lowest BCUT2D eigenvalue weighted by atomic mass is 10.2. The van der Waals surface area contributed by atoms with E-state index >= 15 is 0 Å². The summed E-state index contributed by atoms with van der Waals surface area (Å²) in [5, 5.41) is 3.92. The van der Waals surface area contributed by atoms with Crippen molar-refractivity contribution in [2.24, 2.45) is 0 Å². The highest BCUT2D eigenvalue weighted by Crippen LogP contribution is 2.31. The van der Waals surface area contributed by atoms with Gasteiger partial charge in [0.15, 0.2) is 6.10 Å². The molecule has 3 aromatic carbocycles. The van der Waals surface area contributed by atoms with Gasteiger partial charge in [-0.15, -0.1) is 11.3 Å². The molecule has 0 radical (unpaired) electrons. The molecule has 1 N–H and O–H groups in total. The molecule has 0 saturated carbocycles. The van der Waals surface area contributed by atoms with E-state index in [-0.39, 0.29) is 5.91 Å². The third kappa shape index (κ3) is 4.46. The lowest BCUT2D eigenvalue weighted by molar-refractivity contribution is -0.122. The highest BCUT2D eigenvalue weighted by atomic mass is 32.1. The first-order chi connectivity index (χ1) is 14.1. The molecule has 4 nitrogen and oxygen atoms in total. The predicted molar refractivity (Wildman–Crippen MR) is 120 cm³/mol. The SMILES string of the molecule is CCC(Oc1ccccc1)C(=O)Nc1ccc(-c2nc3ccc(C)cc3s2)cc1. The van der Waals surface area contributed by atoms with E-state index < -0.39 is 6.10 Å². The largest absolute Gasteiger partial charge is 0.481 e. The molecule has 0 aliphatic rings. The van der Waals surface area contributed by atoms with Crippen molar-refractivity contribution in [1.82, 2.24) is 4.98 Å². The number of carbonyl (C=O) groups excluding carboxylic acids is 1. The molecule has 1 amide bonds. The first kappa shape index (κ1) is 19.2. The summed E-state index contributed by atoms with van der Waals surface area (Å²) in [4.78, 5) is 17.3. The Kier molecular flexibility index (Phi) is 5.58. The van der Waals surface area contributed by atoms with Crippen molar-refractivity contribution in [2.75, 3.05) is 5.32 Å². The van der Waals surface area contributed by atoms with Gasteiger partial charge in [0.2, 0.25) is 0 Å². The number of aromatic nitrogens is 1. The fourth-order valence-electron chi connectivity index (χ4n) is 3.06. The summed E-state index contributed by atoms with van der Waals surface area (Å²) in [6.45, 7) is 4.02. The van der Waals surface area contributed by atoms with Crippen LogP contribution in [0.15, 0.2) is 72.8 Å². The zero-order chi connectivity index (χ0) is 20.2. The van der Waals surface area contributed by atoms with Crippen molar-refractivity contribution in [1.29, 1.82) is 0 Å². The number of hydrogen-bond acceptors (Lipinski definition) is 4. The summed E-state index contributed by atoms with van der Waals surface area (Å²) >= 11 is 1.68. The molecule has 0 saturated heterocycles. The topological polar surface area (TPSA) is 51.2 Å². The Morgan fingerprint density at radius 2 is 1.83 bits per heavy atom. The van der Waals surface area contributed by atoms with Crippen LogP contribution in [0.25, 0.3) is 20.8 Å². The van der Waals surface area contributed by atoms with E-state index in [1.165, 1.54) is 10.3 Å². The van der Waals surface area contributed by atoms with Gasteiger partial charge in [-0.3, -0.25) is 4.79 Å². The summed E-state index contributed by atoms with van der Waals surface area (Å²) in [7, 11) is 0. The number of nitrogens with one attached hydrogen (secondary N) is 1. The number of anilines is 1. The van der Waals surface area contributed by atoms with E-state index in [4.69, 9.17) is 9.72 Å². The van der Waals surface area contributed by atoms with Crippen LogP contribution in [0.3, 0.4) is 0 Å². The van der Waals surface area contributed by atoms with Crippen LogP contribution in [0.2, 0.25) is 0 Å². The first-order valence-electron chi connectivity index (χ1n) is 9.62. The minimum absolute atomic E-state index is 0.153. The normalized spacial score (nSPS) is 11.9. The maximum Gasteiger partial charge on any atom is 0.265 e. The molecule has 1 heterocycles. The Hall–Kier alpha value is -3.18. The summed E-state index contributed by atoms with van der Waals surface area (Å²) in [6.07, 6.45) is 0.0498. The fraction of sp³-hybridized carbons (Fsp3) is 0.167. The minimum Gasteiger partial charge on any atom is -0.481 e. The Labute approximate surface area is 174 Å². The number of fused-ring (bicyclic) bond motifs is 1. The summed E-state index contributed by atoms with van der Waals surface area (Å²) < 4.78 is 7.00. The monoisotopic (exact) mass is 402 g/mol. The second kappa shape index (κ2) is 8.45. The second-order valence-corrected chi connectivity index (χ2v) is 7.92. The van der Waals surface area contributed by atoms with E-state index in [0.717, 1.165) is 21.8 Å². The Morgan fingerprint density at radius 3 is 2.55 bits per heavy atom. The molecule has 4 rings (SSSR count). The third-order valence-corrected chi connectivity index (χ3v) is 5.70. The number of amides is 1. The number of benzene rings is 3. The highest BCUT2D eigenvalue weighted by Gasteiger charge is 2.18. The molecule has 0 bridgehead atoms. The number of rotatable bonds is 6. The van der Waals surface area contributed by atoms with E-state index in [1.54, 1.807) is 11.3 Å². The van der Waals surface area contributed by atoms with Crippen LogP contribution in [-0.4, -0.2) is 17.0 Å². The van der Waals surface area contributed by atoms with Crippen LogP contribution in [0.5, 0.6) is 5.75 Å². The van der Waals surface area contributed by atoms with Crippen molar-refractivity contribution >= 4 is 33.1 Å². The van der Waals surface area contributed by atoms with Crippen LogP contribution in [-0.2, 0) is 4.79 Å². The van der Waals surface area contributed by atoms with Gasteiger partial charge in [-0.2, -0.15) is 0 Å². The zero-order valence-corrected chi connectivity index (χ0v) is 17.2. The van der Waals surface area contributed by atoms with Crippen LogP contribution >= 0.6 is 11.3 Å². The number of hydrogen-bond donors (Lipinski definition) is 1. The molecule has 1 atom stereocenters. The molecule has 29 heavy (non-hydrogen) atoms. The van der Waals surface area contributed by atoms with Gasteiger partial charge in [0.05, 0.1) is 10.2 Å². The zero-order valence-electron chi connectivity index (χ0n) is 16.4. The van der Waals surface area contributed by atoms with Crippen molar-refractivity contribution in [2.45, 2.75) is 26.4 Å². The number of para-hydroxylation sites is 1. The Morgan fingerprint density at radius 1 is 1.07 bits per heavy atom. The van der Waals surface area contributed by atoms with Gasteiger partial charge in [-0.05, 0) is 67.4 Å². The van der Waals surface area contributed by atoms with Gasteiger partial charge in [0, 0.05) is 11.3 Å². The van der Waals surface area contributed by atoms with E-state index in [9.17, 15) is 4.79 Å². The van der Waals surface area contributed by atoms with Gasteiger partial charge < -0.3 is 10.1 Å². The summed E-state index contributed by atoms with van der Waals surface area (Å²) in [5.74, 6) is 0.537. The second-order valence-electron chi connectivity index (χ2n) is 6.88. The minimum atomic E-state index is -0.537. The standard InChI is InChI=1S/C24H22N2O2S/c1-3-21(28-19-7-5-4-6-8-19)23(27)25-18-12-10-17(11-13-18)24-26-20-14-9-16(2)15-22(20)29-24/h4-15,21H,3H2,1-2H3,(H,25,27). The number of carbonyl (C=O) groups is 1. The molecule has 0 aliphatic heterocycles. The molecule has 146 valence electrons. The quantitative estimate of drug-likeness (QED) is 0.426. The fourth-order valence-corrected chi connectivity index (χ4v) is 4.13. The molecule has 5 heteroatoms. The third-order valence-electron chi connectivity index (χ3n) is 4.63. The summed E-state index contributed by atoms with van der Waals surface area (Å²) in [6, 6.07) is 23.5. The predicted octanol–water partition coefficient (Wildman–Crippen LogP) is 6.07. The average molecular weight is 403 g/mol. The maximum absolute atomic E-state index is 12.6. The maximum atomic E-state index is 12.6. The smallest absolute Gasteiger partial charge is 0.265 e. The molecule has 4 aromatic rings. The Balaban J connectivity index is 1.46. The van der Waals surface area contributed by atoms with Crippen LogP contribution in [0, 0.1) is 6.92 Å². The first-order valence-corrected chi connectivity index (χ1v) is 10.4. The number of thiazole rings is 1. The van der Waals surface area contributed by atoms with Crippen molar-refractivity contribution in [3.63, 3.8) is 0 Å². The highest BCUT2D eigenvalue weighted by molar-refractivity contribution is 7.21. The molecule has 1 aromatic heterocycles. The molecule has 0 spiro atoms. The van der Waals surface area contributed by atoms with Gasteiger partial charge in [0.1, 0.15) is 10.8 Å². The van der Waals surface area contributed by atoms with E-state index in [1.807, 2.05) is 61.5 Å².